The minimum Gasteiger partial charge on any atom is -0.385 e. The van der Waals surface area contributed by atoms with E-state index in [0.29, 0.717) is 19.4 Å². The van der Waals surface area contributed by atoms with E-state index in [1.807, 2.05) is 5.32 Å². The highest BCUT2D eigenvalue weighted by Crippen LogP contribution is 1.87. The summed E-state index contributed by atoms with van der Waals surface area (Å²) in [4.78, 5) is 10.5. The van der Waals surface area contributed by atoms with E-state index >= 15 is 0 Å². The van der Waals surface area contributed by atoms with E-state index in [4.69, 9.17) is 10.00 Å². The van der Waals surface area contributed by atoms with Crippen LogP contribution in [-0.2, 0) is 9.53 Å². The molecule has 10 heavy (non-hydrogen) atoms. The molecule has 0 atom stereocenters. The number of methoxy groups -OCH3 is 1. The highest BCUT2D eigenvalue weighted by Gasteiger charge is 1.97. The Morgan fingerprint density at radius 3 is 3.00 bits per heavy atom. The Hall–Kier alpha value is -1.08. The molecule has 0 fully saturated rings. The predicted octanol–water partition coefficient (Wildman–Crippen LogP) is 0.0103. The molecule has 0 aliphatic rings. The molecule has 0 aliphatic heterocycles. The summed E-state index contributed by atoms with van der Waals surface area (Å²) in [6, 6.07) is 0. The highest BCUT2D eigenvalue weighted by molar-refractivity contribution is 5.77. The normalized spacial score (nSPS) is 8.40. The van der Waals surface area contributed by atoms with Crippen molar-refractivity contribution >= 4 is 5.91 Å². The molecule has 4 nitrogen and oxygen atoms in total. The van der Waals surface area contributed by atoms with Crippen LogP contribution in [0, 0.1) is 11.5 Å². The Bertz CT molecular complexity index is 139. The number of rotatable bonds is 4. The Morgan fingerprint density at radius 1 is 1.80 bits per heavy atom. The Labute approximate surface area is 59.8 Å². The number of hydrogen-bond acceptors (Lipinski definition) is 3. The van der Waals surface area contributed by atoms with E-state index in [-0.39, 0.29) is 5.91 Å². The molecule has 0 saturated carbocycles. The molecule has 0 aromatic heterocycles. The van der Waals surface area contributed by atoms with Crippen molar-refractivity contribution in [2.24, 2.45) is 0 Å². The van der Waals surface area contributed by atoms with E-state index in [1.54, 1.807) is 13.3 Å². The lowest BCUT2D eigenvalue weighted by Crippen LogP contribution is -2.17. The molecule has 0 aromatic rings. The molecule has 0 saturated heterocycles. The van der Waals surface area contributed by atoms with Crippen LogP contribution in [0.2, 0.25) is 0 Å². The number of amides is 1. The molecule has 0 rings (SSSR count). The van der Waals surface area contributed by atoms with Gasteiger partial charge in [-0.3, -0.25) is 10.1 Å². The van der Waals surface area contributed by atoms with Crippen LogP contribution >= 0.6 is 0 Å². The first-order chi connectivity index (χ1) is 4.81. The summed E-state index contributed by atoms with van der Waals surface area (Å²) in [6.07, 6.45) is 2.56. The second-order valence-electron chi connectivity index (χ2n) is 1.76. The Balaban J connectivity index is 3.15. The summed E-state index contributed by atoms with van der Waals surface area (Å²) in [5, 5.41) is 10.00. The predicted molar refractivity (Wildman–Crippen MR) is 34.9 cm³/mol. The van der Waals surface area contributed by atoms with Crippen molar-refractivity contribution in [3.8, 4) is 6.19 Å². The van der Waals surface area contributed by atoms with Crippen molar-refractivity contribution in [3.05, 3.63) is 0 Å². The third-order valence-electron chi connectivity index (χ3n) is 0.948. The van der Waals surface area contributed by atoms with Gasteiger partial charge in [0.05, 0.1) is 0 Å². The zero-order chi connectivity index (χ0) is 7.82. The van der Waals surface area contributed by atoms with Gasteiger partial charge in [0.15, 0.2) is 6.19 Å². The van der Waals surface area contributed by atoms with E-state index in [9.17, 15) is 4.79 Å². The second-order valence-corrected chi connectivity index (χ2v) is 1.76. The molecule has 56 valence electrons. The van der Waals surface area contributed by atoms with Crippen LogP contribution in [0.15, 0.2) is 0 Å². The minimum atomic E-state index is -0.250. The number of carbonyl (C=O) groups excluding carboxylic acids is 1. The van der Waals surface area contributed by atoms with E-state index in [0.717, 1.165) is 0 Å². The van der Waals surface area contributed by atoms with E-state index in [2.05, 4.69) is 0 Å². The molecule has 1 N–H and O–H groups in total. The average molecular weight is 142 g/mol. The number of ether oxygens (including phenoxy) is 1. The van der Waals surface area contributed by atoms with Crippen molar-refractivity contribution in [1.82, 2.24) is 5.32 Å². The summed E-state index contributed by atoms with van der Waals surface area (Å²) in [5.74, 6) is -0.250. The van der Waals surface area contributed by atoms with Crippen LogP contribution in [0.3, 0.4) is 0 Å². The lowest BCUT2D eigenvalue weighted by Gasteiger charge is -1.95. The van der Waals surface area contributed by atoms with Gasteiger partial charge in [0, 0.05) is 20.1 Å². The van der Waals surface area contributed by atoms with Gasteiger partial charge >= 0.3 is 0 Å². The summed E-state index contributed by atoms with van der Waals surface area (Å²) in [6.45, 7) is 0.554. The number of hydrogen-bond donors (Lipinski definition) is 1. The second kappa shape index (κ2) is 6.05. The van der Waals surface area contributed by atoms with Gasteiger partial charge in [-0.1, -0.05) is 0 Å². The summed E-state index contributed by atoms with van der Waals surface area (Å²) >= 11 is 0. The fourth-order valence-electron chi connectivity index (χ4n) is 0.502. The van der Waals surface area contributed by atoms with Crippen LogP contribution in [0.5, 0.6) is 0 Å². The number of nitriles is 1. The van der Waals surface area contributed by atoms with Gasteiger partial charge in [-0.2, -0.15) is 5.26 Å². The lowest BCUT2D eigenvalue weighted by molar-refractivity contribution is -0.120. The number of carbonyl (C=O) groups is 1. The van der Waals surface area contributed by atoms with Gasteiger partial charge in [-0.15, -0.1) is 0 Å². The van der Waals surface area contributed by atoms with Gasteiger partial charge in [0.2, 0.25) is 5.91 Å². The van der Waals surface area contributed by atoms with Crippen molar-refractivity contribution in [1.29, 1.82) is 5.26 Å². The molecular formula is C6H10N2O2. The fourth-order valence-corrected chi connectivity index (χ4v) is 0.502. The van der Waals surface area contributed by atoms with Gasteiger partial charge in [0.25, 0.3) is 0 Å². The van der Waals surface area contributed by atoms with Gasteiger partial charge in [-0.05, 0) is 6.42 Å². The molecule has 0 radical (unpaired) electrons. The monoisotopic (exact) mass is 142 g/mol. The quantitative estimate of drug-likeness (QED) is 0.341. The maximum Gasteiger partial charge on any atom is 0.233 e. The molecule has 1 amide bonds. The van der Waals surface area contributed by atoms with Crippen molar-refractivity contribution in [2.45, 2.75) is 12.8 Å². The van der Waals surface area contributed by atoms with Crippen LogP contribution in [0.4, 0.5) is 0 Å². The van der Waals surface area contributed by atoms with Crippen LogP contribution in [-0.4, -0.2) is 19.6 Å². The van der Waals surface area contributed by atoms with E-state index < -0.39 is 0 Å². The molecule has 0 aromatic carbocycles. The van der Waals surface area contributed by atoms with Gasteiger partial charge in [-0.25, -0.2) is 0 Å². The highest BCUT2D eigenvalue weighted by atomic mass is 16.5. The first-order valence-electron chi connectivity index (χ1n) is 2.98. The third kappa shape index (κ3) is 5.06. The van der Waals surface area contributed by atoms with Crippen molar-refractivity contribution < 1.29 is 9.53 Å². The first kappa shape index (κ1) is 8.92. The molecule has 0 unspecified atom stereocenters. The van der Waals surface area contributed by atoms with Crippen LogP contribution in [0.1, 0.15) is 12.8 Å². The van der Waals surface area contributed by atoms with E-state index in [1.165, 1.54) is 0 Å². The summed E-state index contributed by atoms with van der Waals surface area (Å²) < 4.78 is 4.71. The Morgan fingerprint density at radius 2 is 2.50 bits per heavy atom. The molecule has 0 bridgehead atoms. The standard InChI is InChI=1S/C6H10N2O2/c1-10-4-2-3-6(9)8-5-7/h2-4H2,1H3,(H,8,9). The number of nitrogens with zero attached hydrogens (tertiary/aromatic N) is 1. The largest absolute Gasteiger partial charge is 0.385 e. The smallest absolute Gasteiger partial charge is 0.233 e. The van der Waals surface area contributed by atoms with Crippen molar-refractivity contribution in [2.75, 3.05) is 13.7 Å². The minimum absolute atomic E-state index is 0.250. The summed E-state index contributed by atoms with van der Waals surface area (Å²) in [7, 11) is 1.57. The third-order valence-corrected chi connectivity index (χ3v) is 0.948. The van der Waals surface area contributed by atoms with Gasteiger partial charge < -0.3 is 4.74 Å². The SMILES string of the molecule is COCCCC(=O)NC#N. The number of nitrogens with one attached hydrogen (secondary N) is 1. The topological polar surface area (TPSA) is 62.1 Å². The zero-order valence-corrected chi connectivity index (χ0v) is 5.89. The summed E-state index contributed by atoms with van der Waals surface area (Å²) in [5.41, 5.74) is 0. The van der Waals surface area contributed by atoms with Crippen LogP contribution in [0.25, 0.3) is 0 Å². The molecule has 0 aliphatic carbocycles. The Kier molecular flexibility index (Phi) is 5.39. The maximum atomic E-state index is 10.5. The molecule has 4 heteroatoms. The molecule has 0 heterocycles. The van der Waals surface area contributed by atoms with Gasteiger partial charge in [0.1, 0.15) is 0 Å². The molecular weight excluding hydrogens is 132 g/mol. The lowest BCUT2D eigenvalue weighted by atomic mass is 10.3. The zero-order valence-electron chi connectivity index (χ0n) is 5.89. The van der Waals surface area contributed by atoms with Crippen molar-refractivity contribution in [3.63, 3.8) is 0 Å². The average Bonchev–Trinajstić information content (AvgIpc) is 1.89. The molecule has 0 spiro atoms. The maximum absolute atomic E-state index is 10.5. The fraction of sp³-hybridized carbons (Fsp3) is 0.667. The first-order valence-corrected chi connectivity index (χ1v) is 2.98. The van der Waals surface area contributed by atoms with Crippen LogP contribution < -0.4 is 5.32 Å².